The highest BCUT2D eigenvalue weighted by molar-refractivity contribution is 5.90. The number of hydrogen-bond acceptors (Lipinski definition) is 4. The van der Waals surface area contributed by atoms with E-state index >= 15 is 0 Å². The number of hydrogen-bond donors (Lipinski definition) is 1. The van der Waals surface area contributed by atoms with Crippen LogP contribution in [-0.2, 0) is 4.74 Å². The maximum absolute atomic E-state index is 5.44. The van der Waals surface area contributed by atoms with Crippen molar-refractivity contribution in [2.45, 2.75) is 19.4 Å². The number of nitrogens with zero attached hydrogens (tertiary/aromatic N) is 2. The molecule has 1 aliphatic rings. The molecule has 0 aliphatic carbocycles. The average Bonchev–Trinajstić information content (AvgIpc) is 2.93. The predicted octanol–water partition coefficient (Wildman–Crippen LogP) is 2.47. The summed E-state index contributed by atoms with van der Waals surface area (Å²) in [7, 11) is 0. The van der Waals surface area contributed by atoms with Gasteiger partial charge in [-0.1, -0.05) is 18.2 Å². The summed E-state index contributed by atoms with van der Waals surface area (Å²) < 4.78 is 5.44. The van der Waals surface area contributed by atoms with Crippen molar-refractivity contribution in [3.05, 3.63) is 30.5 Å². The Bertz CT molecular complexity index is 532. The van der Waals surface area contributed by atoms with Gasteiger partial charge in [0.1, 0.15) is 0 Å². The summed E-state index contributed by atoms with van der Waals surface area (Å²) in [5.41, 5.74) is 1.98. The van der Waals surface area contributed by atoms with Crippen molar-refractivity contribution < 1.29 is 4.74 Å². The van der Waals surface area contributed by atoms with Crippen molar-refractivity contribution >= 4 is 16.6 Å². The lowest BCUT2D eigenvalue weighted by molar-refractivity contribution is 0.183. The van der Waals surface area contributed by atoms with Gasteiger partial charge in [-0.05, 0) is 19.4 Å². The van der Waals surface area contributed by atoms with Crippen LogP contribution in [-0.4, -0.2) is 29.5 Å². The second-order valence-corrected chi connectivity index (χ2v) is 4.83. The molecule has 0 radical (unpaired) electrons. The third-order valence-corrected chi connectivity index (χ3v) is 3.60. The van der Waals surface area contributed by atoms with Crippen molar-refractivity contribution in [2.24, 2.45) is 5.92 Å². The summed E-state index contributed by atoms with van der Waals surface area (Å²) >= 11 is 0. The molecule has 2 aromatic rings. The summed E-state index contributed by atoms with van der Waals surface area (Å²) in [4.78, 5) is 0. The van der Waals surface area contributed by atoms with Crippen LogP contribution in [0.2, 0.25) is 0 Å². The lowest BCUT2D eigenvalue weighted by Gasteiger charge is -2.20. The molecule has 4 heteroatoms. The van der Waals surface area contributed by atoms with Crippen LogP contribution < -0.4 is 5.32 Å². The number of anilines is 1. The lowest BCUT2D eigenvalue weighted by atomic mass is 10.0. The molecule has 2 unspecified atom stereocenters. The minimum Gasteiger partial charge on any atom is -0.381 e. The molecule has 1 aromatic heterocycles. The smallest absolute Gasteiger partial charge is 0.0950 e. The summed E-state index contributed by atoms with van der Waals surface area (Å²) in [5, 5.41) is 12.8. The molecule has 1 fully saturated rings. The van der Waals surface area contributed by atoms with Crippen LogP contribution in [0.25, 0.3) is 10.9 Å². The fourth-order valence-corrected chi connectivity index (χ4v) is 2.43. The second-order valence-electron chi connectivity index (χ2n) is 4.83. The van der Waals surface area contributed by atoms with E-state index in [1.807, 2.05) is 18.2 Å². The first kappa shape index (κ1) is 11.4. The Morgan fingerprint density at radius 3 is 3.11 bits per heavy atom. The lowest BCUT2D eigenvalue weighted by Crippen LogP contribution is -2.26. The Kier molecular flexibility index (Phi) is 3.11. The van der Waals surface area contributed by atoms with Crippen molar-refractivity contribution in [3.63, 3.8) is 0 Å². The molecule has 0 spiro atoms. The number of aromatic nitrogens is 2. The predicted molar refractivity (Wildman–Crippen MR) is 71.5 cm³/mol. The highest BCUT2D eigenvalue weighted by Crippen LogP contribution is 2.24. The first-order valence-corrected chi connectivity index (χ1v) is 6.39. The zero-order valence-corrected chi connectivity index (χ0v) is 10.5. The van der Waals surface area contributed by atoms with Crippen LogP contribution in [0.15, 0.2) is 30.5 Å². The van der Waals surface area contributed by atoms with Gasteiger partial charge in [0.05, 0.1) is 24.0 Å². The highest BCUT2D eigenvalue weighted by Gasteiger charge is 2.22. The van der Waals surface area contributed by atoms with Crippen molar-refractivity contribution in [2.75, 3.05) is 18.5 Å². The van der Waals surface area contributed by atoms with Gasteiger partial charge in [0.25, 0.3) is 0 Å². The number of benzene rings is 1. The van der Waals surface area contributed by atoms with Gasteiger partial charge in [-0.2, -0.15) is 10.2 Å². The van der Waals surface area contributed by atoms with E-state index in [4.69, 9.17) is 4.74 Å². The Morgan fingerprint density at radius 1 is 1.39 bits per heavy atom. The summed E-state index contributed by atoms with van der Waals surface area (Å²) in [6, 6.07) is 8.45. The summed E-state index contributed by atoms with van der Waals surface area (Å²) in [6.07, 6.45) is 2.93. The highest BCUT2D eigenvalue weighted by atomic mass is 16.5. The number of fused-ring (bicyclic) bond motifs is 1. The van der Waals surface area contributed by atoms with Crippen molar-refractivity contribution in [1.82, 2.24) is 10.2 Å². The normalized spacial score (nSPS) is 21.1. The van der Waals surface area contributed by atoms with Crippen LogP contribution in [0.1, 0.15) is 13.3 Å². The van der Waals surface area contributed by atoms with Crippen LogP contribution in [0.4, 0.5) is 5.69 Å². The molecule has 1 aliphatic heterocycles. The second kappa shape index (κ2) is 4.90. The molecule has 4 nitrogen and oxygen atoms in total. The van der Waals surface area contributed by atoms with E-state index in [9.17, 15) is 0 Å². The van der Waals surface area contributed by atoms with Gasteiger partial charge in [-0.15, -0.1) is 0 Å². The van der Waals surface area contributed by atoms with Crippen LogP contribution in [0.5, 0.6) is 0 Å². The van der Waals surface area contributed by atoms with Crippen LogP contribution in [0, 0.1) is 5.92 Å². The molecular formula is C14H17N3O. The van der Waals surface area contributed by atoms with E-state index in [1.165, 1.54) is 0 Å². The van der Waals surface area contributed by atoms with E-state index in [0.29, 0.717) is 12.0 Å². The van der Waals surface area contributed by atoms with E-state index in [1.54, 1.807) is 6.20 Å². The van der Waals surface area contributed by atoms with Gasteiger partial charge in [0.15, 0.2) is 0 Å². The Morgan fingerprint density at radius 2 is 2.28 bits per heavy atom. The molecule has 0 saturated carbocycles. The Labute approximate surface area is 106 Å². The monoisotopic (exact) mass is 243 g/mol. The SMILES string of the molecule is CC(Nc1cnnc2ccccc12)C1CCOC1. The van der Waals surface area contributed by atoms with Gasteiger partial charge < -0.3 is 10.1 Å². The van der Waals surface area contributed by atoms with Crippen molar-refractivity contribution in [1.29, 1.82) is 0 Å². The van der Waals surface area contributed by atoms with Gasteiger partial charge in [0.2, 0.25) is 0 Å². The molecule has 2 atom stereocenters. The Balaban J connectivity index is 1.85. The largest absolute Gasteiger partial charge is 0.381 e. The van der Waals surface area contributed by atoms with Gasteiger partial charge in [-0.3, -0.25) is 0 Å². The third-order valence-electron chi connectivity index (χ3n) is 3.60. The van der Waals surface area contributed by atoms with E-state index in [2.05, 4.69) is 28.5 Å². The molecule has 1 aromatic carbocycles. The Hall–Kier alpha value is -1.68. The molecule has 0 bridgehead atoms. The summed E-state index contributed by atoms with van der Waals surface area (Å²) in [6.45, 7) is 3.94. The van der Waals surface area contributed by atoms with Gasteiger partial charge in [0, 0.05) is 24.0 Å². The topological polar surface area (TPSA) is 47.0 Å². The number of rotatable bonds is 3. The van der Waals surface area contributed by atoms with Crippen molar-refractivity contribution in [3.8, 4) is 0 Å². The van der Waals surface area contributed by atoms with Gasteiger partial charge in [-0.25, -0.2) is 0 Å². The zero-order chi connectivity index (χ0) is 12.4. The number of ether oxygens (including phenoxy) is 1. The van der Waals surface area contributed by atoms with E-state index < -0.39 is 0 Å². The summed E-state index contributed by atoms with van der Waals surface area (Å²) in [5.74, 6) is 0.580. The minimum atomic E-state index is 0.389. The maximum Gasteiger partial charge on any atom is 0.0950 e. The quantitative estimate of drug-likeness (QED) is 0.899. The van der Waals surface area contributed by atoms with E-state index in [-0.39, 0.29) is 0 Å². The minimum absolute atomic E-state index is 0.389. The number of nitrogens with one attached hydrogen (secondary N) is 1. The fourth-order valence-electron chi connectivity index (χ4n) is 2.43. The molecule has 0 amide bonds. The third kappa shape index (κ3) is 2.16. The fraction of sp³-hybridized carbons (Fsp3) is 0.429. The zero-order valence-electron chi connectivity index (χ0n) is 10.5. The molecule has 18 heavy (non-hydrogen) atoms. The molecule has 3 rings (SSSR count). The average molecular weight is 243 g/mol. The molecule has 1 saturated heterocycles. The van der Waals surface area contributed by atoms with Gasteiger partial charge >= 0.3 is 0 Å². The molecule has 2 heterocycles. The molecule has 1 N–H and O–H groups in total. The maximum atomic E-state index is 5.44. The van der Waals surface area contributed by atoms with Crippen LogP contribution >= 0.6 is 0 Å². The first-order valence-electron chi connectivity index (χ1n) is 6.39. The van der Waals surface area contributed by atoms with E-state index in [0.717, 1.165) is 36.2 Å². The molecular weight excluding hydrogens is 226 g/mol. The molecule has 94 valence electrons. The standard InChI is InChI=1S/C14H17N3O/c1-10(11-6-7-18-9-11)16-14-8-15-17-13-5-3-2-4-12(13)14/h2-5,8,10-11H,6-7,9H2,1H3,(H,16,17). The first-order chi connectivity index (χ1) is 8.84. The van der Waals surface area contributed by atoms with Crippen LogP contribution in [0.3, 0.4) is 0 Å².